The Kier molecular flexibility index (Phi) is 2.45. The Hall–Kier alpha value is -1.38. The zero-order valence-corrected chi connectivity index (χ0v) is 14.2. The van der Waals surface area contributed by atoms with Crippen molar-refractivity contribution in [3.8, 4) is 0 Å². The van der Waals surface area contributed by atoms with E-state index in [4.69, 9.17) is 0 Å². The predicted octanol–water partition coefficient (Wildman–Crippen LogP) is 5.90. The molecule has 1 aliphatic carbocycles. The Labute approximate surface area is 139 Å². The van der Waals surface area contributed by atoms with Crippen LogP contribution in [0, 0.1) is 0 Å². The third-order valence-corrected chi connectivity index (χ3v) is 8.69. The molecular weight excluding hydrogens is 304 g/mol. The Morgan fingerprint density at radius 1 is 0.636 bits per heavy atom. The normalized spacial score (nSPS) is 30.8. The lowest BCUT2D eigenvalue weighted by molar-refractivity contribution is 0.694. The van der Waals surface area contributed by atoms with Gasteiger partial charge in [-0.15, -0.1) is 23.5 Å². The summed E-state index contributed by atoms with van der Waals surface area (Å²) in [5.41, 5.74) is 5.81. The Morgan fingerprint density at radius 3 is 1.50 bits per heavy atom. The van der Waals surface area contributed by atoms with Crippen molar-refractivity contribution in [2.45, 2.75) is 33.1 Å². The van der Waals surface area contributed by atoms with Crippen LogP contribution in [0.25, 0.3) is 11.1 Å². The van der Waals surface area contributed by atoms with Crippen molar-refractivity contribution in [2.24, 2.45) is 0 Å². The molecule has 5 rings (SSSR count). The third-order valence-electron chi connectivity index (χ3n) is 5.34. The minimum absolute atomic E-state index is 0.0878. The van der Waals surface area contributed by atoms with Gasteiger partial charge >= 0.3 is 0 Å². The molecule has 2 aromatic carbocycles. The number of hydrogen-bond acceptors (Lipinski definition) is 2. The first-order valence-electron chi connectivity index (χ1n) is 7.63. The van der Waals surface area contributed by atoms with Gasteiger partial charge in [-0.1, -0.05) is 48.6 Å². The standard InChI is InChI=1S/C20H16S2/c1-19-15(13-7-3-5-9-17(13)21-19)11-12-16-14-8-4-6-10-18(14)22-20(16,19)2/h3-12H,1-2H3. The Balaban J connectivity index is 1.77. The van der Waals surface area contributed by atoms with E-state index in [0.29, 0.717) is 0 Å². The second-order valence-corrected chi connectivity index (χ2v) is 9.34. The molecule has 0 nitrogen and oxygen atoms in total. The zero-order chi connectivity index (χ0) is 14.9. The van der Waals surface area contributed by atoms with E-state index in [0.717, 1.165) is 0 Å². The molecule has 22 heavy (non-hydrogen) atoms. The number of thioether (sulfide) groups is 2. The third kappa shape index (κ3) is 1.38. The van der Waals surface area contributed by atoms with Gasteiger partial charge in [0.15, 0.2) is 0 Å². The smallest absolute Gasteiger partial charge is 0.0621 e. The van der Waals surface area contributed by atoms with Crippen LogP contribution in [-0.4, -0.2) is 9.49 Å². The average molecular weight is 320 g/mol. The first kappa shape index (κ1) is 13.1. The molecule has 0 saturated heterocycles. The first-order valence-corrected chi connectivity index (χ1v) is 9.26. The highest BCUT2D eigenvalue weighted by molar-refractivity contribution is 8.06. The number of hydrogen-bond donors (Lipinski definition) is 0. The highest BCUT2D eigenvalue weighted by atomic mass is 32.2. The molecule has 0 bridgehead atoms. The maximum absolute atomic E-state index is 2.43. The molecule has 108 valence electrons. The van der Waals surface area contributed by atoms with Gasteiger partial charge in [0, 0.05) is 9.79 Å². The first-order chi connectivity index (χ1) is 10.6. The summed E-state index contributed by atoms with van der Waals surface area (Å²) in [7, 11) is 0. The maximum Gasteiger partial charge on any atom is 0.0621 e. The molecule has 3 aliphatic rings. The van der Waals surface area contributed by atoms with E-state index in [1.54, 1.807) is 0 Å². The van der Waals surface area contributed by atoms with Crippen LogP contribution in [-0.2, 0) is 0 Å². The Bertz CT molecular complexity index is 803. The number of fused-ring (bicyclic) bond motifs is 7. The van der Waals surface area contributed by atoms with Crippen molar-refractivity contribution in [1.82, 2.24) is 0 Å². The van der Waals surface area contributed by atoms with Crippen LogP contribution in [0.15, 0.2) is 70.5 Å². The molecule has 0 spiro atoms. The maximum atomic E-state index is 2.43. The summed E-state index contributed by atoms with van der Waals surface area (Å²) in [5, 5.41) is 0. The fourth-order valence-electron chi connectivity index (χ4n) is 3.99. The molecule has 0 saturated carbocycles. The van der Waals surface area contributed by atoms with Crippen molar-refractivity contribution < 1.29 is 0 Å². The number of benzene rings is 2. The van der Waals surface area contributed by atoms with Gasteiger partial charge in [0.1, 0.15) is 0 Å². The zero-order valence-electron chi connectivity index (χ0n) is 12.6. The van der Waals surface area contributed by atoms with E-state index in [1.807, 2.05) is 23.5 Å². The van der Waals surface area contributed by atoms with Crippen molar-refractivity contribution in [2.75, 3.05) is 0 Å². The SMILES string of the molecule is CC12Sc3ccccc3C1=CC=C1c3ccccc3SC12C. The molecule has 2 atom stereocenters. The molecule has 0 radical (unpaired) electrons. The number of rotatable bonds is 0. The van der Waals surface area contributed by atoms with Crippen LogP contribution in [0.5, 0.6) is 0 Å². The van der Waals surface area contributed by atoms with Crippen molar-refractivity contribution in [3.05, 3.63) is 71.8 Å². The lowest BCUT2D eigenvalue weighted by Gasteiger charge is -2.44. The van der Waals surface area contributed by atoms with E-state index in [2.05, 4.69) is 74.5 Å². The summed E-state index contributed by atoms with van der Waals surface area (Å²) in [6.45, 7) is 4.85. The van der Waals surface area contributed by atoms with Gasteiger partial charge in [0.2, 0.25) is 0 Å². The van der Waals surface area contributed by atoms with Gasteiger partial charge in [0.25, 0.3) is 0 Å². The monoisotopic (exact) mass is 320 g/mol. The highest BCUT2D eigenvalue weighted by Gasteiger charge is 2.58. The summed E-state index contributed by atoms with van der Waals surface area (Å²) < 4.78 is 0.176. The summed E-state index contributed by atoms with van der Waals surface area (Å²) in [6.07, 6.45) is 4.72. The van der Waals surface area contributed by atoms with Gasteiger partial charge < -0.3 is 0 Å². The van der Waals surface area contributed by atoms with Gasteiger partial charge in [-0.2, -0.15) is 0 Å². The minimum atomic E-state index is 0.0878. The van der Waals surface area contributed by atoms with E-state index < -0.39 is 0 Å². The van der Waals surface area contributed by atoms with Crippen LogP contribution in [0.3, 0.4) is 0 Å². The van der Waals surface area contributed by atoms with Crippen LogP contribution in [0.4, 0.5) is 0 Å². The second-order valence-electron chi connectivity index (χ2n) is 6.42. The average Bonchev–Trinajstić information content (AvgIpc) is 2.99. The molecule has 0 amide bonds. The van der Waals surface area contributed by atoms with Crippen molar-refractivity contribution >= 4 is 34.7 Å². The fraction of sp³-hybridized carbons (Fsp3) is 0.200. The van der Waals surface area contributed by atoms with Gasteiger partial charge in [0.05, 0.1) is 9.49 Å². The van der Waals surface area contributed by atoms with Crippen molar-refractivity contribution in [3.63, 3.8) is 0 Å². The molecule has 2 heterocycles. The van der Waals surface area contributed by atoms with Crippen LogP contribution in [0.1, 0.15) is 25.0 Å². The van der Waals surface area contributed by atoms with E-state index in [1.165, 1.54) is 32.1 Å². The lowest BCUT2D eigenvalue weighted by atomic mass is 9.74. The van der Waals surface area contributed by atoms with E-state index in [9.17, 15) is 0 Å². The number of allylic oxidation sites excluding steroid dienone is 2. The van der Waals surface area contributed by atoms with Crippen molar-refractivity contribution in [1.29, 1.82) is 0 Å². The predicted molar refractivity (Wildman–Crippen MR) is 97.4 cm³/mol. The molecule has 2 unspecified atom stereocenters. The summed E-state index contributed by atoms with van der Waals surface area (Å²) in [6, 6.07) is 17.7. The van der Waals surface area contributed by atoms with Gasteiger partial charge in [-0.05, 0) is 48.3 Å². The molecule has 2 aliphatic heterocycles. The summed E-state index contributed by atoms with van der Waals surface area (Å²) in [4.78, 5) is 2.84. The quantitative estimate of drug-likeness (QED) is 0.593. The molecule has 2 aromatic rings. The summed E-state index contributed by atoms with van der Waals surface area (Å²) in [5.74, 6) is 0. The minimum Gasteiger partial charge on any atom is -0.112 e. The van der Waals surface area contributed by atoms with Crippen LogP contribution >= 0.6 is 23.5 Å². The molecule has 0 fully saturated rings. The fourth-order valence-corrected chi connectivity index (χ4v) is 7.18. The molecule has 0 aromatic heterocycles. The highest BCUT2D eigenvalue weighted by Crippen LogP contribution is 2.69. The molecular formula is C20H16S2. The van der Waals surface area contributed by atoms with E-state index in [-0.39, 0.29) is 9.49 Å². The molecule has 2 heteroatoms. The van der Waals surface area contributed by atoms with Crippen LogP contribution in [0.2, 0.25) is 0 Å². The van der Waals surface area contributed by atoms with E-state index >= 15 is 0 Å². The van der Waals surface area contributed by atoms with Gasteiger partial charge in [-0.3, -0.25) is 0 Å². The summed E-state index contributed by atoms with van der Waals surface area (Å²) >= 11 is 4.08. The molecule has 0 N–H and O–H groups in total. The topological polar surface area (TPSA) is 0 Å². The van der Waals surface area contributed by atoms with Gasteiger partial charge in [-0.25, -0.2) is 0 Å². The largest absolute Gasteiger partial charge is 0.112 e. The Morgan fingerprint density at radius 2 is 1.05 bits per heavy atom. The second kappa shape index (κ2) is 4.12. The van der Waals surface area contributed by atoms with Crippen LogP contribution < -0.4 is 0 Å². The lowest BCUT2D eigenvalue weighted by Crippen LogP contribution is -2.44.